The van der Waals surface area contributed by atoms with Crippen molar-refractivity contribution in [2.75, 3.05) is 11.9 Å². The van der Waals surface area contributed by atoms with Crippen LogP contribution in [0.5, 0.6) is 0 Å². The van der Waals surface area contributed by atoms with Gasteiger partial charge >= 0.3 is 6.03 Å². The molecule has 1 aromatic heterocycles. The molecule has 1 atom stereocenters. The molecular formula is C24H28N4O5S2. The number of amides is 2. The van der Waals surface area contributed by atoms with Gasteiger partial charge in [0.15, 0.2) is 0 Å². The number of hydrogen-bond acceptors (Lipinski definition) is 6. The zero-order valence-electron chi connectivity index (χ0n) is 19.2. The number of nitrogens with zero attached hydrogens (tertiary/aromatic N) is 2. The Balaban J connectivity index is 1.29. The monoisotopic (exact) mass is 516 g/mol. The second-order valence-corrected chi connectivity index (χ2v) is 12.6. The van der Waals surface area contributed by atoms with Crippen molar-refractivity contribution < 1.29 is 21.6 Å². The smallest absolute Gasteiger partial charge is 0.307 e. The maximum Gasteiger partial charge on any atom is 0.333 e. The normalized spacial score (nSPS) is 20.2. The molecule has 9 nitrogen and oxygen atoms in total. The Hall–Kier alpha value is -2.76. The standard InChI is InChI=1S/C24H28N4O5S2/c29-24(26-23-21-9-1-5-17(21)15-18-6-2-10-22(18)23)27-34(30,31)14-11-19-7-4-13-28(19)35(32,33)20-8-3-12-25-16-20/h3,8,11-12,14-16,19H,1-2,4-7,9-10,13H2,(H2,26,27,29)/b14-11+/t19-/m0/s1. The molecule has 1 fully saturated rings. The average Bonchev–Trinajstić information content (AvgIpc) is 3.58. The van der Waals surface area contributed by atoms with E-state index in [9.17, 15) is 21.6 Å². The van der Waals surface area contributed by atoms with Gasteiger partial charge in [-0.25, -0.2) is 26.4 Å². The molecule has 0 unspecified atom stereocenters. The Kier molecular flexibility index (Phi) is 6.41. The van der Waals surface area contributed by atoms with E-state index in [0.29, 0.717) is 12.8 Å². The summed E-state index contributed by atoms with van der Waals surface area (Å²) in [5, 5.41) is 3.69. The Morgan fingerprint density at radius 2 is 1.74 bits per heavy atom. The van der Waals surface area contributed by atoms with Gasteiger partial charge in [0.05, 0.1) is 0 Å². The molecule has 35 heavy (non-hydrogen) atoms. The van der Waals surface area contributed by atoms with Crippen LogP contribution in [-0.4, -0.2) is 44.7 Å². The fraction of sp³-hybridized carbons (Fsp3) is 0.417. The molecule has 5 rings (SSSR count). The number of aryl methyl sites for hydroxylation is 2. The minimum absolute atomic E-state index is 0.0589. The number of benzene rings is 1. The molecule has 2 aliphatic carbocycles. The van der Waals surface area contributed by atoms with Crippen LogP contribution < -0.4 is 10.0 Å². The van der Waals surface area contributed by atoms with E-state index in [1.54, 1.807) is 0 Å². The molecule has 1 saturated heterocycles. The lowest BCUT2D eigenvalue weighted by molar-refractivity contribution is 0.256. The van der Waals surface area contributed by atoms with Crippen LogP contribution in [0.2, 0.25) is 0 Å². The summed E-state index contributed by atoms with van der Waals surface area (Å²) in [6.07, 6.45) is 10.9. The first-order valence-electron chi connectivity index (χ1n) is 11.8. The summed E-state index contributed by atoms with van der Waals surface area (Å²) in [5.41, 5.74) is 5.44. The van der Waals surface area contributed by atoms with Gasteiger partial charge in [0.25, 0.3) is 10.0 Å². The Bertz CT molecular complexity index is 1360. The molecule has 2 aromatic rings. The molecule has 0 bridgehead atoms. The minimum Gasteiger partial charge on any atom is -0.307 e. The number of aromatic nitrogens is 1. The van der Waals surface area contributed by atoms with Gasteiger partial charge in [-0.1, -0.05) is 12.1 Å². The highest BCUT2D eigenvalue weighted by atomic mass is 32.2. The second kappa shape index (κ2) is 9.36. The molecule has 1 aromatic carbocycles. The third-order valence-electron chi connectivity index (χ3n) is 6.92. The van der Waals surface area contributed by atoms with Gasteiger partial charge in [-0.3, -0.25) is 4.98 Å². The van der Waals surface area contributed by atoms with Crippen molar-refractivity contribution in [3.63, 3.8) is 0 Å². The van der Waals surface area contributed by atoms with E-state index in [1.807, 2.05) is 0 Å². The van der Waals surface area contributed by atoms with Crippen molar-refractivity contribution in [2.24, 2.45) is 0 Å². The van der Waals surface area contributed by atoms with Crippen LogP contribution in [0.25, 0.3) is 0 Å². The van der Waals surface area contributed by atoms with E-state index in [4.69, 9.17) is 0 Å². The number of sulfonamides is 2. The number of carbonyl (C=O) groups excluding carboxylic acids is 1. The summed E-state index contributed by atoms with van der Waals surface area (Å²) in [7, 11) is -7.93. The first-order valence-corrected chi connectivity index (χ1v) is 14.8. The lowest BCUT2D eigenvalue weighted by Crippen LogP contribution is -2.36. The molecule has 0 radical (unpaired) electrons. The lowest BCUT2D eigenvalue weighted by atomic mass is 9.99. The summed E-state index contributed by atoms with van der Waals surface area (Å²) in [5.74, 6) is 0. The molecule has 11 heteroatoms. The van der Waals surface area contributed by atoms with E-state index in [0.717, 1.165) is 60.7 Å². The van der Waals surface area contributed by atoms with Crippen LogP contribution in [0.15, 0.2) is 47.0 Å². The summed E-state index contributed by atoms with van der Waals surface area (Å²) in [6, 6.07) is 3.80. The van der Waals surface area contributed by atoms with Crippen LogP contribution in [0, 0.1) is 0 Å². The molecule has 2 amide bonds. The van der Waals surface area contributed by atoms with Crippen molar-refractivity contribution in [1.29, 1.82) is 0 Å². The quantitative estimate of drug-likeness (QED) is 0.608. The molecule has 0 saturated carbocycles. The van der Waals surface area contributed by atoms with Crippen molar-refractivity contribution >= 4 is 31.8 Å². The highest BCUT2D eigenvalue weighted by Gasteiger charge is 2.34. The van der Waals surface area contributed by atoms with Crippen LogP contribution >= 0.6 is 0 Å². The van der Waals surface area contributed by atoms with E-state index < -0.39 is 32.1 Å². The second-order valence-electron chi connectivity index (χ2n) is 9.18. The van der Waals surface area contributed by atoms with Gasteiger partial charge in [0.2, 0.25) is 10.0 Å². The zero-order valence-corrected chi connectivity index (χ0v) is 20.9. The van der Waals surface area contributed by atoms with Gasteiger partial charge in [0, 0.05) is 36.1 Å². The number of hydrogen-bond donors (Lipinski definition) is 2. The number of nitrogens with one attached hydrogen (secondary N) is 2. The fourth-order valence-electron chi connectivity index (χ4n) is 5.36. The van der Waals surface area contributed by atoms with E-state index in [1.165, 1.54) is 46.0 Å². The zero-order chi connectivity index (χ0) is 24.6. The van der Waals surface area contributed by atoms with Gasteiger partial charge in [-0.2, -0.15) is 4.31 Å². The average molecular weight is 517 g/mol. The topological polar surface area (TPSA) is 126 Å². The van der Waals surface area contributed by atoms with Crippen LogP contribution in [0.3, 0.4) is 0 Å². The first-order chi connectivity index (χ1) is 16.7. The van der Waals surface area contributed by atoms with Gasteiger partial charge in [-0.15, -0.1) is 0 Å². The molecule has 3 aliphatic rings. The van der Waals surface area contributed by atoms with Gasteiger partial charge in [0.1, 0.15) is 4.90 Å². The number of urea groups is 1. The highest BCUT2D eigenvalue weighted by molar-refractivity contribution is 7.93. The maximum atomic E-state index is 13.0. The molecule has 2 heterocycles. The van der Waals surface area contributed by atoms with E-state index >= 15 is 0 Å². The Morgan fingerprint density at radius 1 is 1.03 bits per heavy atom. The summed E-state index contributed by atoms with van der Waals surface area (Å²) in [6.45, 7) is 0.282. The van der Waals surface area contributed by atoms with Crippen molar-refractivity contribution in [3.05, 3.63) is 64.3 Å². The SMILES string of the molecule is O=C(Nc1c2c(cc3c1CCC3)CCC2)NS(=O)(=O)/C=C/[C@@H]1CCCN1S(=O)(=O)c1cccnc1. The van der Waals surface area contributed by atoms with Crippen molar-refractivity contribution in [2.45, 2.75) is 62.3 Å². The Labute approximate surface area is 205 Å². The van der Waals surface area contributed by atoms with Crippen LogP contribution in [0.1, 0.15) is 47.9 Å². The number of fused-ring (bicyclic) bond motifs is 2. The maximum absolute atomic E-state index is 13.0. The van der Waals surface area contributed by atoms with E-state index in [2.05, 4.69) is 21.1 Å². The third-order valence-corrected chi connectivity index (χ3v) is 9.81. The van der Waals surface area contributed by atoms with Crippen LogP contribution in [0.4, 0.5) is 10.5 Å². The predicted octanol–water partition coefficient (Wildman–Crippen LogP) is 2.88. The van der Waals surface area contributed by atoms with Gasteiger partial charge in [-0.05, 0) is 85.8 Å². The third kappa shape index (κ3) is 4.85. The van der Waals surface area contributed by atoms with Crippen molar-refractivity contribution in [3.8, 4) is 0 Å². The fourth-order valence-corrected chi connectivity index (χ4v) is 7.74. The summed E-state index contributed by atoms with van der Waals surface area (Å²) >= 11 is 0. The largest absolute Gasteiger partial charge is 0.333 e. The molecule has 2 N–H and O–H groups in total. The number of pyridine rings is 1. The molecule has 0 spiro atoms. The summed E-state index contributed by atoms with van der Waals surface area (Å²) < 4.78 is 54.5. The van der Waals surface area contributed by atoms with Gasteiger partial charge < -0.3 is 5.32 Å². The lowest BCUT2D eigenvalue weighted by Gasteiger charge is -2.21. The molecular weight excluding hydrogens is 488 g/mol. The number of rotatable bonds is 6. The minimum atomic E-state index is -4.13. The summed E-state index contributed by atoms with van der Waals surface area (Å²) in [4.78, 5) is 16.6. The first kappa shape index (κ1) is 24.0. The number of carbonyl (C=O) groups is 1. The van der Waals surface area contributed by atoms with E-state index in [-0.39, 0.29) is 11.4 Å². The molecule has 1 aliphatic heterocycles. The molecule has 186 valence electrons. The highest BCUT2D eigenvalue weighted by Crippen LogP contribution is 2.38. The van der Waals surface area contributed by atoms with Crippen LogP contribution in [-0.2, 0) is 45.7 Å². The Morgan fingerprint density at radius 3 is 2.40 bits per heavy atom. The van der Waals surface area contributed by atoms with Crippen molar-refractivity contribution in [1.82, 2.24) is 14.0 Å². The number of anilines is 1. The predicted molar refractivity (Wildman–Crippen MR) is 132 cm³/mol.